The fourth-order valence-electron chi connectivity index (χ4n) is 4.49. The highest BCUT2D eigenvalue weighted by atomic mass is 15.3. The van der Waals surface area contributed by atoms with E-state index in [1.165, 1.54) is 58.2 Å². The summed E-state index contributed by atoms with van der Waals surface area (Å²) in [6.45, 7) is 9.31. The molecule has 2 aliphatic rings. The van der Waals surface area contributed by atoms with Crippen LogP contribution in [-0.2, 0) is 0 Å². The van der Waals surface area contributed by atoms with Crippen molar-refractivity contribution in [3.63, 3.8) is 0 Å². The molecule has 3 heteroatoms. The first kappa shape index (κ1) is 16.3. The average molecular weight is 281 g/mol. The quantitative estimate of drug-likeness (QED) is 0.859. The Hall–Kier alpha value is -0.120. The maximum Gasteiger partial charge on any atom is 0.0250 e. The highest BCUT2D eigenvalue weighted by Gasteiger charge is 2.34. The fraction of sp³-hybridized carbons (Fsp3) is 1.00. The summed E-state index contributed by atoms with van der Waals surface area (Å²) in [5.74, 6) is 1.73. The average Bonchev–Trinajstić information content (AvgIpc) is 2.62. The third-order valence-electron chi connectivity index (χ3n) is 5.61. The minimum Gasteiger partial charge on any atom is -0.329 e. The largest absolute Gasteiger partial charge is 0.329 e. The zero-order chi connectivity index (χ0) is 14.5. The van der Waals surface area contributed by atoms with Gasteiger partial charge in [-0.15, -0.1) is 0 Å². The van der Waals surface area contributed by atoms with Gasteiger partial charge in [0.2, 0.25) is 0 Å². The van der Waals surface area contributed by atoms with Crippen molar-refractivity contribution in [1.29, 1.82) is 0 Å². The lowest BCUT2D eigenvalue weighted by molar-refractivity contribution is 0.0684. The lowest BCUT2D eigenvalue weighted by Crippen LogP contribution is -2.52. The molecule has 0 amide bonds. The Kier molecular flexibility index (Phi) is 6.31. The van der Waals surface area contributed by atoms with Gasteiger partial charge in [0.25, 0.3) is 0 Å². The van der Waals surface area contributed by atoms with Crippen molar-refractivity contribution in [2.75, 3.05) is 33.2 Å². The van der Waals surface area contributed by atoms with Crippen LogP contribution < -0.4 is 5.73 Å². The van der Waals surface area contributed by atoms with Crippen molar-refractivity contribution >= 4 is 0 Å². The Morgan fingerprint density at radius 3 is 2.65 bits per heavy atom. The molecule has 0 aromatic carbocycles. The summed E-state index contributed by atoms with van der Waals surface area (Å²) in [6.07, 6.45) is 8.18. The van der Waals surface area contributed by atoms with Crippen LogP contribution in [-0.4, -0.2) is 55.1 Å². The molecule has 4 atom stereocenters. The molecule has 20 heavy (non-hydrogen) atoms. The third-order valence-corrected chi connectivity index (χ3v) is 5.61. The number of hydrogen-bond donors (Lipinski definition) is 1. The van der Waals surface area contributed by atoms with Crippen LogP contribution in [0.25, 0.3) is 0 Å². The standard InChI is InChI=1S/C17H35N3/c1-4-16-13-19(3)9-6-10-20(16)17(12-18)15-8-5-7-14(2)11-15/h14-17H,4-13,18H2,1-3H3. The molecule has 2 N–H and O–H groups in total. The molecule has 0 aromatic rings. The molecule has 0 radical (unpaired) electrons. The van der Waals surface area contributed by atoms with Crippen molar-refractivity contribution in [2.24, 2.45) is 17.6 Å². The Morgan fingerprint density at radius 2 is 2.00 bits per heavy atom. The second-order valence-electron chi connectivity index (χ2n) is 7.25. The second-order valence-corrected chi connectivity index (χ2v) is 7.25. The summed E-state index contributed by atoms with van der Waals surface area (Å²) in [5, 5.41) is 0. The molecular formula is C17H35N3. The van der Waals surface area contributed by atoms with Crippen LogP contribution >= 0.6 is 0 Å². The number of nitrogens with two attached hydrogens (primary N) is 1. The monoisotopic (exact) mass is 281 g/mol. The second kappa shape index (κ2) is 7.77. The first-order valence-corrected chi connectivity index (χ1v) is 8.80. The molecule has 118 valence electrons. The summed E-state index contributed by atoms with van der Waals surface area (Å²) in [7, 11) is 2.27. The molecule has 2 fully saturated rings. The minimum absolute atomic E-state index is 0.620. The van der Waals surface area contributed by atoms with E-state index in [4.69, 9.17) is 5.73 Å². The van der Waals surface area contributed by atoms with Crippen molar-refractivity contribution in [3.8, 4) is 0 Å². The topological polar surface area (TPSA) is 32.5 Å². The van der Waals surface area contributed by atoms with E-state index < -0.39 is 0 Å². The highest BCUT2D eigenvalue weighted by Crippen LogP contribution is 2.33. The van der Waals surface area contributed by atoms with E-state index in [1.54, 1.807) is 0 Å². The van der Waals surface area contributed by atoms with Crippen LogP contribution in [0.1, 0.15) is 52.4 Å². The Labute approximate surface area is 125 Å². The van der Waals surface area contributed by atoms with E-state index in [0.717, 1.165) is 18.4 Å². The third kappa shape index (κ3) is 3.96. The van der Waals surface area contributed by atoms with Crippen molar-refractivity contribution in [3.05, 3.63) is 0 Å². The smallest absolute Gasteiger partial charge is 0.0250 e. The first-order valence-electron chi connectivity index (χ1n) is 8.80. The van der Waals surface area contributed by atoms with E-state index >= 15 is 0 Å². The van der Waals surface area contributed by atoms with E-state index in [2.05, 4.69) is 30.7 Å². The van der Waals surface area contributed by atoms with E-state index in [1.807, 2.05) is 0 Å². The summed E-state index contributed by atoms with van der Waals surface area (Å²) >= 11 is 0. The number of rotatable bonds is 4. The molecule has 1 saturated heterocycles. The van der Waals surface area contributed by atoms with Crippen LogP contribution in [0.3, 0.4) is 0 Å². The molecule has 1 heterocycles. The van der Waals surface area contributed by atoms with Gasteiger partial charge in [0.05, 0.1) is 0 Å². The van der Waals surface area contributed by atoms with Gasteiger partial charge >= 0.3 is 0 Å². The van der Waals surface area contributed by atoms with Crippen molar-refractivity contribution < 1.29 is 0 Å². The van der Waals surface area contributed by atoms with E-state index in [0.29, 0.717) is 12.1 Å². The number of likely N-dealkylation sites (N-methyl/N-ethyl adjacent to an activating group) is 1. The van der Waals surface area contributed by atoms with Crippen LogP contribution in [0.15, 0.2) is 0 Å². The highest BCUT2D eigenvalue weighted by molar-refractivity contribution is 4.89. The first-order chi connectivity index (χ1) is 9.65. The lowest BCUT2D eigenvalue weighted by atomic mass is 9.77. The predicted octanol–water partition coefficient (Wildman–Crippen LogP) is 2.56. The summed E-state index contributed by atoms with van der Waals surface area (Å²) in [4.78, 5) is 5.29. The zero-order valence-electron chi connectivity index (χ0n) is 13.9. The van der Waals surface area contributed by atoms with Crippen LogP contribution in [0.2, 0.25) is 0 Å². The number of nitrogens with zero attached hydrogens (tertiary/aromatic N) is 2. The van der Waals surface area contributed by atoms with Gasteiger partial charge < -0.3 is 10.6 Å². The molecule has 1 saturated carbocycles. The zero-order valence-corrected chi connectivity index (χ0v) is 13.9. The minimum atomic E-state index is 0.620. The molecule has 3 nitrogen and oxygen atoms in total. The summed E-state index contributed by atoms with van der Waals surface area (Å²) < 4.78 is 0. The predicted molar refractivity (Wildman–Crippen MR) is 86.9 cm³/mol. The molecule has 0 spiro atoms. The maximum absolute atomic E-state index is 6.23. The Bertz CT molecular complexity index is 281. The normalized spacial score (nSPS) is 35.7. The molecule has 0 bridgehead atoms. The Morgan fingerprint density at radius 1 is 1.20 bits per heavy atom. The van der Waals surface area contributed by atoms with E-state index in [-0.39, 0.29) is 0 Å². The molecule has 2 rings (SSSR count). The van der Waals surface area contributed by atoms with Gasteiger partial charge in [-0.3, -0.25) is 4.90 Å². The van der Waals surface area contributed by atoms with Gasteiger partial charge in [-0.1, -0.05) is 26.7 Å². The molecule has 1 aliphatic carbocycles. The van der Waals surface area contributed by atoms with Crippen LogP contribution in [0.4, 0.5) is 0 Å². The van der Waals surface area contributed by atoms with Gasteiger partial charge in [0.1, 0.15) is 0 Å². The van der Waals surface area contributed by atoms with Crippen LogP contribution in [0, 0.1) is 11.8 Å². The molecule has 1 aliphatic heterocycles. The van der Waals surface area contributed by atoms with Crippen molar-refractivity contribution in [2.45, 2.75) is 64.5 Å². The molecule has 4 unspecified atom stereocenters. The van der Waals surface area contributed by atoms with Crippen LogP contribution in [0.5, 0.6) is 0 Å². The van der Waals surface area contributed by atoms with Gasteiger partial charge in [-0.2, -0.15) is 0 Å². The van der Waals surface area contributed by atoms with Gasteiger partial charge in [-0.05, 0) is 51.1 Å². The van der Waals surface area contributed by atoms with Crippen molar-refractivity contribution in [1.82, 2.24) is 9.80 Å². The van der Waals surface area contributed by atoms with Gasteiger partial charge in [0.15, 0.2) is 0 Å². The fourth-order valence-corrected chi connectivity index (χ4v) is 4.49. The Balaban J connectivity index is 2.07. The molecular weight excluding hydrogens is 246 g/mol. The number of hydrogen-bond acceptors (Lipinski definition) is 3. The van der Waals surface area contributed by atoms with E-state index in [9.17, 15) is 0 Å². The van der Waals surface area contributed by atoms with Gasteiger partial charge in [0, 0.05) is 31.7 Å². The summed E-state index contributed by atoms with van der Waals surface area (Å²) in [5.41, 5.74) is 6.23. The van der Waals surface area contributed by atoms with Gasteiger partial charge in [-0.25, -0.2) is 0 Å². The lowest BCUT2D eigenvalue weighted by Gasteiger charge is -2.43. The SMILES string of the molecule is CCC1CN(C)CCCN1C(CN)C1CCCC(C)C1. The summed E-state index contributed by atoms with van der Waals surface area (Å²) in [6, 6.07) is 1.32. The molecule has 0 aromatic heterocycles. The maximum atomic E-state index is 6.23.